The van der Waals surface area contributed by atoms with E-state index in [9.17, 15) is 4.79 Å². The average molecular weight is 237 g/mol. The van der Waals surface area contributed by atoms with Crippen LogP contribution in [0.3, 0.4) is 0 Å². The minimum absolute atomic E-state index is 0.0555. The Morgan fingerprint density at radius 2 is 2.29 bits per heavy atom. The summed E-state index contributed by atoms with van der Waals surface area (Å²) in [6.07, 6.45) is 0.429. The second-order valence-electron chi connectivity index (χ2n) is 4.96. The van der Waals surface area contributed by atoms with Crippen LogP contribution in [0.5, 0.6) is 0 Å². The molecule has 2 rings (SSSR count). The van der Waals surface area contributed by atoms with Gasteiger partial charge in [0.15, 0.2) is 0 Å². The fraction of sp³-hybridized carbons (Fsp3) is 0.667. The predicted molar refractivity (Wildman–Crippen MR) is 64.8 cm³/mol. The van der Waals surface area contributed by atoms with E-state index in [-0.39, 0.29) is 18.4 Å². The van der Waals surface area contributed by atoms with Gasteiger partial charge in [0.05, 0.1) is 5.69 Å². The molecule has 0 aliphatic carbocycles. The number of carbonyl (C=O) groups excluding carboxylic acids is 1. The van der Waals surface area contributed by atoms with Crippen LogP contribution in [-0.2, 0) is 11.8 Å². The second-order valence-corrected chi connectivity index (χ2v) is 4.96. The maximum Gasteiger partial charge on any atom is 0.228 e. The van der Waals surface area contributed by atoms with E-state index >= 15 is 0 Å². The zero-order valence-electron chi connectivity index (χ0n) is 10.6. The van der Waals surface area contributed by atoms with Crippen molar-refractivity contribution in [2.75, 3.05) is 18.1 Å². The number of carbonyl (C=O) groups is 1. The summed E-state index contributed by atoms with van der Waals surface area (Å²) in [5.41, 5.74) is 0.989. The summed E-state index contributed by atoms with van der Waals surface area (Å²) >= 11 is 0. The van der Waals surface area contributed by atoms with Crippen LogP contribution in [0.15, 0.2) is 6.07 Å². The molecule has 1 amide bonds. The highest BCUT2D eigenvalue weighted by atomic mass is 16.3. The first-order chi connectivity index (χ1) is 8.02. The summed E-state index contributed by atoms with van der Waals surface area (Å²) in [6.45, 7) is 4.81. The highest BCUT2D eigenvalue weighted by Gasteiger charge is 2.32. The van der Waals surface area contributed by atoms with Crippen molar-refractivity contribution in [3.05, 3.63) is 11.8 Å². The molecule has 0 saturated carbocycles. The molecule has 1 fully saturated rings. The number of nitrogens with zero attached hydrogens (tertiary/aromatic N) is 3. The molecule has 0 aromatic carbocycles. The summed E-state index contributed by atoms with van der Waals surface area (Å²) in [6, 6.07) is 1.96. The van der Waals surface area contributed by atoms with E-state index in [4.69, 9.17) is 5.11 Å². The zero-order valence-corrected chi connectivity index (χ0v) is 10.6. The van der Waals surface area contributed by atoms with Crippen molar-refractivity contribution in [1.82, 2.24) is 9.78 Å². The van der Waals surface area contributed by atoms with Crippen LogP contribution in [0.25, 0.3) is 0 Å². The van der Waals surface area contributed by atoms with Gasteiger partial charge in [-0.2, -0.15) is 5.10 Å². The van der Waals surface area contributed by atoms with Gasteiger partial charge < -0.3 is 5.11 Å². The van der Waals surface area contributed by atoms with Crippen molar-refractivity contribution in [3.8, 4) is 0 Å². The molecule has 1 aromatic heterocycles. The number of hydrogen-bond acceptors (Lipinski definition) is 3. The molecule has 2 heterocycles. The standard InChI is InChI=1S/C12H19N3O2/c1-8(2)10-5-11(14(3)13-10)15-6-9(7-16)4-12(15)17/h5,8-9,16H,4,6-7H2,1-3H3. The third-order valence-corrected chi connectivity index (χ3v) is 3.21. The van der Waals surface area contributed by atoms with E-state index in [0.717, 1.165) is 11.5 Å². The average Bonchev–Trinajstić information content (AvgIpc) is 2.81. The van der Waals surface area contributed by atoms with Gasteiger partial charge in [0.25, 0.3) is 0 Å². The molecule has 1 atom stereocenters. The highest BCUT2D eigenvalue weighted by Crippen LogP contribution is 2.26. The smallest absolute Gasteiger partial charge is 0.228 e. The fourth-order valence-electron chi connectivity index (χ4n) is 2.14. The Morgan fingerprint density at radius 1 is 1.59 bits per heavy atom. The van der Waals surface area contributed by atoms with E-state index in [1.165, 1.54) is 0 Å². The van der Waals surface area contributed by atoms with E-state index in [1.54, 1.807) is 9.58 Å². The van der Waals surface area contributed by atoms with E-state index < -0.39 is 0 Å². The molecular formula is C12H19N3O2. The quantitative estimate of drug-likeness (QED) is 0.849. The molecule has 1 aromatic rings. The summed E-state index contributed by atoms with van der Waals surface area (Å²) in [5.74, 6) is 1.30. The summed E-state index contributed by atoms with van der Waals surface area (Å²) in [7, 11) is 1.85. The van der Waals surface area contributed by atoms with E-state index in [2.05, 4.69) is 18.9 Å². The first-order valence-electron chi connectivity index (χ1n) is 5.98. The monoisotopic (exact) mass is 237 g/mol. The van der Waals surface area contributed by atoms with E-state index in [1.807, 2.05) is 13.1 Å². The SMILES string of the molecule is CC(C)c1cc(N2CC(CO)CC2=O)n(C)n1. The van der Waals surface area contributed by atoms with Crippen LogP contribution in [0.4, 0.5) is 5.82 Å². The number of aliphatic hydroxyl groups excluding tert-OH is 1. The molecule has 0 bridgehead atoms. The van der Waals surface area contributed by atoms with Gasteiger partial charge in [-0.3, -0.25) is 14.4 Å². The van der Waals surface area contributed by atoms with Crippen LogP contribution in [-0.4, -0.2) is 33.9 Å². The first-order valence-corrected chi connectivity index (χ1v) is 5.98. The lowest BCUT2D eigenvalue weighted by Gasteiger charge is -2.15. The van der Waals surface area contributed by atoms with Gasteiger partial charge in [-0.1, -0.05) is 13.8 Å². The van der Waals surface area contributed by atoms with Crippen molar-refractivity contribution in [1.29, 1.82) is 0 Å². The summed E-state index contributed by atoms with van der Waals surface area (Å²) in [4.78, 5) is 13.6. The summed E-state index contributed by atoms with van der Waals surface area (Å²) in [5, 5.41) is 13.5. The third kappa shape index (κ3) is 2.20. The third-order valence-electron chi connectivity index (χ3n) is 3.21. The lowest BCUT2D eigenvalue weighted by Crippen LogP contribution is -2.27. The maximum absolute atomic E-state index is 11.8. The normalized spacial score (nSPS) is 20.6. The van der Waals surface area contributed by atoms with Crippen LogP contribution >= 0.6 is 0 Å². The number of anilines is 1. The van der Waals surface area contributed by atoms with Crippen LogP contribution in [0.2, 0.25) is 0 Å². The molecule has 17 heavy (non-hydrogen) atoms. The Labute approximate surface area is 101 Å². The van der Waals surface area contributed by atoms with Gasteiger partial charge >= 0.3 is 0 Å². The van der Waals surface area contributed by atoms with Crippen LogP contribution < -0.4 is 4.90 Å². The summed E-state index contributed by atoms with van der Waals surface area (Å²) < 4.78 is 1.74. The van der Waals surface area contributed by atoms with Gasteiger partial charge in [-0.15, -0.1) is 0 Å². The molecule has 1 aliphatic rings. The fourth-order valence-corrected chi connectivity index (χ4v) is 2.14. The number of rotatable bonds is 3. The van der Waals surface area contributed by atoms with Gasteiger partial charge in [0, 0.05) is 38.6 Å². The van der Waals surface area contributed by atoms with Crippen LogP contribution in [0, 0.1) is 5.92 Å². The Balaban J connectivity index is 2.25. The number of aliphatic hydroxyl groups is 1. The molecular weight excluding hydrogens is 218 g/mol. The van der Waals surface area contributed by atoms with Crippen molar-refractivity contribution < 1.29 is 9.90 Å². The van der Waals surface area contributed by atoms with Crippen molar-refractivity contribution in [2.45, 2.75) is 26.2 Å². The molecule has 0 spiro atoms. The predicted octanol–water partition coefficient (Wildman–Crippen LogP) is 0.889. The van der Waals surface area contributed by atoms with Gasteiger partial charge in [-0.05, 0) is 5.92 Å². The minimum atomic E-state index is 0.0555. The van der Waals surface area contributed by atoms with Gasteiger partial charge in [0.1, 0.15) is 5.82 Å². The molecule has 0 radical (unpaired) electrons. The number of aryl methyl sites for hydroxylation is 1. The Kier molecular flexibility index (Phi) is 3.19. The van der Waals surface area contributed by atoms with Gasteiger partial charge in [0.2, 0.25) is 5.91 Å². The molecule has 1 aliphatic heterocycles. The molecule has 94 valence electrons. The number of aromatic nitrogens is 2. The lowest BCUT2D eigenvalue weighted by molar-refractivity contribution is -0.117. The minimum Gasteiger partial charge on any atom is -0.396 e. The second kappa shape index (κ2) is 4.49. The first kappa shape index (κ1) is 12.1. The number of amides is 1. The molecule has 1 unspecified atom stereocenters. The number of hydrogen-bond donors (Lipinski definition) is 1. The largest absolute Gasteiger partial charge is 0.396 e. The van der Waals surface area contributed by atoms with Gasteiger partial charge in [-0.25, -0.2) is 0 Å². The van der Waals surface area contributed by atoms with Crippen LogP contribution in [0.1, 0.15) is 31.9 Å². The Morgan fingerprint density at radius 3 is 2.76 bits per heavy atom. The highest BCUT2D eigenvalue weighted by molar-refractivity contribution is 5.95. The maximum atomic E-state index is 11.8. The Bertz CT molecular complexity index is 425. The molecule has 5 heteroatoms. The molecule has 5 nitrogen and oxygen atoms in total. The molecule has 1 N–H and O–H groups in total. The lowest BCUT2D eigenvalue weighted by atomic mass is 10.1. The topological polar surface area (TPSA) is 58.4 Å². The van der Waals surface area contributed by atoms with Crippen molar-refractivity contribution >= 4 is 11.7 Å². The van der Waals surface area contributed by atoms with E-state index in [0.29, 0.717) is 18.9 Å². The Hall–Kier alpha value is -1.36. The zero-order chi connectivity index (χ0) is 12.6. The van der Waals surface area contributed by atoms with Crippen molar-refractivity contribution in [2.24, 2.45) is 13.0 Å². The van der Waals surface area contributed by atoms with Crippen molar-refractivity contribution in [3.63, 3.8) is 0 Å². The molecule has 1 saturated heterocycles.